The van der Waals surface area contributed by atoms with E-state index < -0.39 is 5.97 Å². The van der Waals surface area contributed by atoms with Gasteiger partial charge in [0.15, 0.2) is 0 Å². The van der Waals surface area contributed by atoms with Crippen molar-refractivity contribution in [2.75, 3.05) is 13.2 Å². The Bertz CT molecular complexity index is 675. The predicted molar refractivity (Wildman–Crippen MR) is 97.3 cm³/mol. The van der Waals surface area contributed by atoms with Gasteiger partial charge in [0, 0.05) is 23.3 Å². The van der Waals surface area contributed by atoms with E-state index in [1.54, 1.807) is 6.92 Å². The van der Waals surface area contributed by atoms with Crippen LogP contribution < -0.4 is 16.0 Å². The van der Waals surface area contributed by atoms with Gasteiger partial charge in [0.1, 0.15) is 0 Å². The molecule has 2 atom stereocenters. The van der Waals surface area contributed by atoms with Crippen LogP contribution in [0.2, 0.25) is 5.02 Å². The lowest BCUT2D eigenvalue weighted by Crippen LogP contribution is -2.52. The third-order valence-electron chi connectivity index (χ3n) is 4.10. The van der Waals surface area contributed by atoms with Crippen LogP contribution in [0.15, 0.2) is 35.5 Å². The summed E-state index contributed by atoms with van der Waals surface area (Å²) in [6, 6.07) is 6.84. The molecule has 136 valence electrons. The molecule has 1 aliphatic heterocycles. The van der Waals surface area contributed by atoms with Crippen LogP contribution in [0.4, 0.5) is 4.79 Å². The summed E-state index contributed by atoms with van der Waals surface area (Å²) >= 11 is 6.22. The monoisotopic (exact) mass is 365 g/mol. The molecule has 0 radical (unpaired) electrons. The minimum Gasteiger partial charge on any atom is -0.463 e. The zero-order chi connectivity index (χ0) is 18.4. The Labute approximate surface area is 153 Å². The van der Waals surface area contributed by atoms with Crippen molar-refractivity contribution in [3.63, 3.8) is 0 Å². The first-order chi connectivity index (χ1) is 12.0. The number of urea groups is 1. The fraction of sp³-hybridized carbons (Fsp3) is 0.444. The van der Waals surface area contributed by atoms with Crippen LogP contribution in [0.25, 0.3) is 0 Å². The molecule has 25 heavy (non-hydrogen) atoms. The van der Waals surface area contributed by atoms with Gasteiger partial charge < -0.3 is 20.7 Å². The normalized spacial score (nSPS) is 18.4. The lowest BCUT2D eigenvalue weighted by atomic mass is 10.00. The van der Waals surface area contributed by atoms with Crippen molar-refractivity contribution in [3.8, 4) is 0 Å². The first kappa shape index (κ1) is 19.3. The molecule has 0 aliphatic carbocycles. The topological polar surface area (TPSA) is 79.5 Å². The van der Waals surface area contributed by atoms with Crippen LogP contribution in [0.3, 0.4) is 0 Å². The van der Waals surface area contributed by atoms with Crippen molar-refractivity contribution in [2.24, 2.45) is 0 Å². The van der Waals surface area contributed by atoms with Gasteiger partial charge in [-0.3, -0.25) is 0 Å². The Morgan fingerprint density at radius 3 is 2.72 bits per heavy atom. The average molecular weight is 366 g/mol. The number of nitrogens with one attached hydrogen (secondary N) is 3. The molecule has 7 heteroatoms. The maximum Gasteiger partial charge on any atom is 0.337 e. The summed E-state index contributed by atoms with van der Waals surface area (Å²) < 4.78 is 5.15. The minimum absolute atomic E-state index is 0.0449. The van der Waals surface area contributed by atoms with E-state index in [0.29, 0.717) is 29.3 Å². The number of hydrogen-bond donors (Lipinski definition) is 3. The second-order valence-corrected chi connectivity index (χ2v) is 6.20. The lowest BCUT2D eigenvalue weighted by molar-refractivity contribution is -0.139. The predicted octanol–water partition coefficient (Wildman–Crippen LogP) is 2.90. The van der Waals surface area contributed by atoms with E-state index in [-0.39, 0.29) is 24.7 Å². The van der Waals surface area contributed by atoms with Crippen molar-refractivity contribution in [2.45, 2.75) is 39.3 Å². The molecule has 0 saturated carbocycles. The molecular weight excluding hydrogens is 342 g/mol. The number of amides is 2. The lowest BCUT2D eigenvalue weighted by Gasteiger charge is -2.29. The van der Waals surface area contributed by atoms with Gasteiger partial charge in [-0.25, -0.2) is 9.59 Å². The van der Waals surface area contributed by atoms with Gasteiger partial charge in [-0.05, 0) is 31.9 Å². The van der Waals surface area contributed by atoms with E-state index in [1.165, 1.54) is 0 Å². The summed E-state index contributed by atoms with van der Waals surface area (Å²) in [5.74, 6) is -0.413. The highest BCUT2D eigenvalue weighted by molar-refractivity contribution is 6.31. The van der Waals surface area contributed by atoms with Crippen molar-refractivity contribution in [3.05, 3.63) is 46.1 Å². The van der Waals surface area contributed by atoms with Gasteiger partial charge in [-0.15, -0.1) is 0 Å². The molecule has 6 nitrogen and oxygen atoms in total. The number of benzene rings is 1. The number of carbonyl (C=O) groups excluding carboxylic acids is 2. The third-order valence-corrected chi connectivity index (χ3v) is 4.45. The van der Waals surface area contributed by atoms with Crippen LogP contribution in [-0.4, -0.2) is 31.2 Å². The van der Waals surface area contributed by atoms with E-state index in [0.717, 1.165) is 5.56 Å². The van der Waals surface area contributed by atoms with Gasteiger partial charge in [0.25, 0.3) is 0 Å². The highest BCUT2D eigenvalue weighted by Gasteiger charge is 2.31. The van der Waals surface area contributed by atoms with Crippen LogP contribution >= 0.6 is 11.6 Å². The van der Waals surface area contributed by atoms with Crippen LogP contribution in [0.5, 0.6) is 0 Å². The molecule has 2 unspecified atom stereocenters. The standard InChI is InChI=1S/C18H24ClN3O3/c1-4-14-16(17(23)25-5-2)15(22-18(24)21-14)10-20-11(3)12-8-6-7-9-13(12)19/h6-9,11,14,20H,4-5,10H2,1-3H3,(H2,21,22,24). The van der Waals surface area contributed by atoms with E-state index in [2.05, 4.69) is 16.0 Å². The minimum atomic E-state index is -0.413. The molecule has 1 aliphatic rings. The van der Waals surface area contributed by atoms with Crippen LogP contribution in [-0.2, 0) is 9.53 Å². The molecule has 0 saturated heterocycles. The summed E-state index contributed by atoms with van der Waals surface area (Å²) in [7, 11) is 0. The molecular formula is C18H24ClN3O3. The van der Waals surface area contributed by atoms with Crippen LogP contribution in [0, 0.1) is 0 Å². The summed E-state index contributed by atoms with van der Waals surface area (Å²) in [5.41, 5.74) is 1.95. The summed E-state index contributed by atoms with van der Waals surface area (Å²) in [4.78, 5) is 24.2. The second-order valence-electron chi connectivity index (χ2n) is 5.80. The quantitative estimate of drug-likeness (QED) is 0.649. The van der Waals surface area contributed by atoms with E-state index in [4.69, 9.17) is 16.3 Å². The Hall–Kier alpha value is -2.05. The summed E-state index contributed by atoms with van der Waals surface area (Å²) in [6.45, 7) is 6.25. The first-order valence-electron chi connectivity index (χ1n) is 8.43. The van der Waals surface area contributed by atoms with Gasteiger partial charge in [0.2, 0.25) is 0 Å². The fourth-order valence-corrected chi connectivity index (χ4v) is 3.09. The molecule has 0 fully saturated rings. The Morgan fingerprint density at radius 2 is 2.08 bits per heavy atom. The zero-order valence-corrected chi connectivity index (χ0v) is 15.4. The number of carbonyl (C=O) groups is 2. The molecule has 2 rings (SSSR count). The third kappa shape index (κ3) is 4.74. The highest BCUT2D eigenvalue weighted by atomic mass is 35.5. The maximum absolute atomic E-state index is 12.3. The molecule has 3 N–H and O–H groups in total. The van der Waals surface area contributed by atoms with Gasteiger partial charge in [-0.2, -0.15) is 0 Å². The van der Waals surface area contributed by atoms with Crippen molar-refractivity contribution < 1.29 is 14.3 Å². The molecule has 1 aromatic rings. The summed E-state index contributed by atoms with van der Waals surface area (Å²) in [5, 5.41) is 9.46. The van der Waals surface area contributed by atoms with Gasteiger partial charge in [0.05, 0.1) is 18.2 Å². The van der Waals surface area contributed by atoms with Crippen molar-refractivity contribution in [1.29, 1.82) is 0 Å². The Kier molecular flexibility index (Phi) is 6.84. The van der Waals surface area contributed by atoms with Crippen molar-refractivity contribution >= 4 is 23.6 Å². The number of ether oxygens (including phenoxy) is 1. The maximum atomic E-state index is 12.3. The number of esters is 1. The zero-order valence-electron chi connectivity index (χ0n) is 14.7. The second kappa shape index (κ2) is 8.87. The smallest absolute Gasteiger partial charge is 0.337 e. The molecule has 0 spiro atoms. The van der Waals surface area contributed by atoms with Gasteiger partial charge >= 0.3 is 12.0 Å². The average Bonchev–Trinajstić information content (AvgIpc) is 2.59. The van der Waals surface area contributed by atoms with Gasteiger partial charge in [-0.1, -0.05) is 36.7 Å². The SMILES string of the molecule is CCOC(=O)C1=C(CNC(C)c2ccccc2Cl)NC(=O)NC1CC. The first-order valence-corrected chi connectivity index (χ1v) is 8.81. The Balaban J connectivity index is 2.21. The van der Waals surface area contributed by atoms with E-state index >= 15 is 0 Å². The number of halogens is 1. The Morgan fingerprint density at radius 1 is 1.36 bits per heavy atom. The largest absolute Gasteiger partial charge is 0.463 e. The van der Waals surface area contributed by atoms with E-state index in [9.17, 15) is 9.59 Å². The van der Waals surface area contributed by atoms with Crippen molar-refractivity contribution in [1.82, 2.24) is 16.0 Å². The van der Waals surface area contributed by atoms with E-state index in [1.807, 2.05) is 38.1 Å². The number of hydrogen-bond acceptors (Lipinski definition) is 4. The molecule has 1 heterocycles. The van der Waals surface area contributed by atoms with Crippen LogP contribution in [0.1, 0.15) is 38.8 Å². The number of rotatable bonds is 7. The summed E-state index contributed by atoms with van der Waals surface area (Å²) in [6.07, 6.45) is 0.602. The highest BCUT2D eigenvalue weighted by Crippen LogP contribution is 2.23. The molecule has 0 aromatic heterocycles. The molecule has 2 amide bonds. The molecule has 1 aromatic carbocycles. The fourth-order valence-electron chi connectivity index (χ4n) is 2.79. The molecule has 0 bridgehead atoms.